The van der Waals surface area contributed by atoms with Crippen LogP contribution >= 0.6 is 0 Å². The van der Waals surface area contributed by atoms with Crippen molar-refractivity contribution in [3.63, 3.8) is 0 Å². The van der Waals surface area contributed by atoms with Crippen LogP contribution in [0.2, 0.25) is 0 Å². The maximum Gasteiger partial charge on any atom is 0.416 e. The monoisotopic (exact) mass is 646 g/mol. The molecule has 0 spiro atoms. The Bertz CT molecular complexity index is 2280. The molecule has 0 N–H and O–H groups in total. The van der Waals surface area contributed by atoms with Gasteiger partial charge in [-0.2, -0.15) is 13.2 Å². The number of fused-ring (bicyclic) bond motifs is 2. The van der Waals surface area contributed by atoms with E-state index in [1.165, 1.54) is 24.3 Å². The number of halogens is 3. The van der Waals surface area contributed by atoms with Gasteiger partial charge in [0.05, 0.1) is 32.5 Å². The number of hydrogen-bond donors (Lipinski definition) is 0. The zero-order chi connectivity index (χ0) is 33.2. The summed E-state index contributed by atoms with van der Waals surface area (Å²) in [6.07, 6.45) is -3.25. The van der Waals surface area contributed by atoms with Crippen LogP contribution in [0.3, 0.4) is 0 Å². The summed E-state index contributed by atoms with van der Waals surface area (Å²) in [4.78, 5) is 34.3. The van der Waals surface area contributed by atoms with Crippen LogP contribution in [0.15, 0.2) is 112 Å². The summed E-state index contributed by atoms with van der Waals surface area (Å²) in [6, 6.07) is 25.4. The van der Waals surface area contributed by atoms with E-state index in [-0.39, 0.29) is 21.7 Å². The molecule has 0 aliphatic heterocycles. The Kier molecular flexibility index (Phi) is 8.93. The minimum absolute atomic E-state index is 0.152. The van der Waals surface area contributed by atoms with Crippen molar-refractivity contribution in [1.29, 1.82) is 0 Å². The number of para-hydroxylation sites is 4. The molecule has 0 unspecified atom stereocenters. The fourth-order valence-electron chi connectivity index (χ4n) is 5.07. The van der Waals surface area contributed by atoms with E-state index in [2.05, 4.69) is 9.97 Å². The van der Waals surface area contributed by atoms with Crippen molar-refractivity contribution in [2.24, 2.45) is 0 Å². The first-order valence-electron chi connectivity index (χ1n) is 14.3. The van der Waals surface area contributed by atoms with Crippen LogP contribution in [0, 0.1) is 0 Å². The van der Waals surface area contributed by atoms with E-state index in [1.807, 2.05) is 44.2 Å². The predicted molar refractivity (Wildman–Crippen MR) is 172 cm³/mol. The molecule has 0 aliphatic rings. The molecular weight excluding hydrogens is 617 g/mol. The molecule has 0 atom stereocenters. The average Bonchev–Trinajstić information content (AvgIpc) is 3.04. The molecule has 4 aromatic carbocycles. The summed E-state index contributed by atoms with van der Waals surface area (Å²) in [5.74, 6) is 0. The van der Waals surface area contributed by atoms with Crippen molar-refractivity contribution in [2.75, 3.05) is 6.26 Å². The van der Waals surface area contributed by atoms with Crippen molar-refractivity contribution in [3.8, 4) is 22.5 Å². The number of hydrogen-bond acceptors (Lipinski definition) is 6. The van der Waals surface area contributed by atoms with Crippen LogP contribution in [-0.4, -0.2) is 33.8 Å². The second-order valence-electron chi connectivity index (χ2n) is 10.4. The first-order valence-corrected chi connectivity index (χ1v) is 16.2. The molecule has 0 saturated carbocycles. The maximum absolute atomic E-state index is 12.7. The molecular formula is C34H29F3N4O4S. The number of alkyl halides is 3. The van der Waals surface area contributed by atoms with Gasteiger partial charge in [-0.1, -0.05) is 48.5 Å². The number of nitrogens with zero attached hydrogens (tertiary/aromatic N) is 4. The summed E-state index contributed by atoms with van der Waals surface area (Å²) < 4.78 is 64.3. The SMILES string of the molecule is CCn1c(=O)c(-c2ccc(C(F)(F)F)cc2)nc2ccccc21.CCn1c(=O)c(-c2ccc(S(C)(=O)=O)cc2)nc2ccccc21. The second kappa shape index (κ2) is 12.7. The van der Waals surface area contributed by atoms with E-state index in [0.29, 0.717) is 40.9 Å². The zero-order valence-electron chi connectivity index (χ0n) is 25.1. The fraction of sp³-hybridized carbons (Fsp3) is 0.176. The molecule has 8 nitrogen and oxygen atoms in total. The lowest BCUT2D eigenvalue weighted by Crippen LogP contribution is -2.23. The zero-order valence-corrected chi connectivity index (χ0v) is 25.9. The predicted octanol–water partition coefficient (Wildman–Crippen LogP) is 6.59. The fourth-order valence-corrected chi connectivity index (χ4v) is 5.70. The van der Waals surface area contributed by atoms with E-state index in [1.54, 1.807) is 39.5 Å². The van der Waals surface area contributed by atoms with Gasteiger partial charge in [0.15, 0.2) is 9.84 Å². The molecule has 12 heteroatoms. The number of benzene rings is 4. The third kappa shape index (κ3) is 6.47. The maximum atomic E-state index is 12.7. The van der Waals surface area contributed by atoms with E-state index in [9.17, 15) is 31.2 Å². The van der Waals surface area contributed by atoms with Crippen LogP contribution in [0.25, 0.3) is 44.6 Å². The van der Waals surface area contributed by atoms with E-state index >= 15 is 0 Å². The number of sulfone groups is 1. The minimum Gasteiger partial charge on any atom is -0.305 e. The molecule has 6 aromatic rings. The molecule has 2 heterocycles. The van der Waals surface area contributed by atoms with Gasteiger partial charge < -0.3 is 9.13 Å². The first kappa shape index (κ1) is 32.3. The van der Waals surface area contributed by atoms with Gasteiger partial charge in [0, 0.05) is 30.5 Å². The van der Waals surface area contributed by atoms with Crippen LogP contribution in [-0.2, 0) is 29.1 Å². The highest BCUT2D eigenvalue weighted by atomic mass is 32.2. The minimum atomic E-state index is -4.40. The van der Waals surface area contributed by atoms with Gasteiger partial charge in [0.2, 0.25) is 0 Å². The van der Waals surface area contributed by atoms with Crippen molar-refractivity contribution >= 4 is 31.9 Å². The average molecular weight is 647 g/mol. The van der Waals surface area contributed by atoms with Crippen molar-refractivity contribution in [3.05, 3.63) is 123 Å². The highest BCUT2D eigenvalue weighted by molar-refractivity contribution is 7.90. The van der Waals surface area contributed by atoms with E-state index in [4.69, 9.17) is 0 Å². The normalized spacial score (nSPS) is 11.8. The van der Waals surface area contributed by atoms with Gasteiger partial charge in [-0.05, 0) is 62.4 Å². The Balaban J connectivity index is 0.000000181. The van der Waals surface area contributed by atoms with Gasteiger partial charge >= 0.3 is 6.18 Å². The second-order valence-corrected chi connectivity index (χ2v) is 12.4. The van der Waals surface area contributed by atoms with E-state index in [0.717, 1.165) is 29.4 Å². The molecule has 2 aromatic heterocycles. The van der Waals surface area contributed by atoms with Gasteiger partial charge in [0.25, 0.3) is 11.1 Å². The van der Waals surface area contributed by atoms with Crippen LogP contribution in [0.5, 0.6) is 0 Å². The Labute approximate surface area is 262 Å². The Morgan fingerprint density at radius 2 is 1.02 bits per heavy atom. The Hall–Kier alpha value is -5.10. The Morgan fingerprint density at radius 1 is 0.630 bits per heavy atom. The van der Waals surface area contributed by atoms with Crippen LogP contribution in [0.1, 0.15) is 19.4 Å². The summed E-state index contributed by atoms with van der Waals surface area (Å²) in [6.45, 7) is 4.74. The van der Waals surface area contributed by atoms with Crippen LogP contribution in [0.4, 0.5) is 13.2 Å². The summed E-state index contributed by atoms with van der Waals surface area (Å²) in [7, 11) is -3.26. The molecule has 236 valence electrons. The number of aromatic nitrogens is 4. The van der Waals surface area contributed by atoms with Crippen molar-refractivity contribution in [2.45, 2.75) is 38.0 Å². The molecule has 6 rings (SSSR count). The topological polar surface area (TPSA) is 104 Å². The molecule has 0 saturated heterocycles. The van der Waals surface area contributed by atoms with Crippen molar-refractivity contribution in [1.82, 2.24) is 19.1 Å². The van der Waals surface area contributed by atoms with Gasteiger partial charge in [-0.3, -0.25) is 9.59 Å². The molecule has 0 radical (unpaired) electrons. The summed E-state index contributed by atoms with van der Waals surface area (Å²) in [5.41, 5.74) is 3.06. The summed E-state index contributed by atoms with van der Waals surface area (Å²) >= 11 is 0. The molecule has 0 amide bonds. The lowest BCUT2D eigenvalue weighted by molar-refractivity contribution is -0.137. The molecule has 0 bridgehead atoms. The Morgan fingerprint density at radius 3 is 1.39 bits per heavy atom. The standard InChI is InChI=1S/C17H13F3N2O.C17H16N2O3S/c1-2-22-14-6-4-3-5-13(14)21-15(16(22)23)11-7-9-12(10-8-11)17(18,19)20;1-3-19-15-7-5-4-6-14(15)18-16(17(19)20)12-8-10-13(11-9-12)23(2,21)22/h3-10H,2H2,1H3;4-11H,3H2,1-2H3. The third-order valence-electron chi connectivity index (χ3n) is 7.38. The molecule has 0 fully saturated rings. The highest BCUT2D eigenvalue weighted by Gasteiger charge is 2.30. The van der Waals surface area contributed by atoms with E-state index < -0.39 is 21.6 Å². The molecule has 0 aliphatic carbocycles. The summed E-state index contributed by atoms with van der Waals surface area (Å²) in [5, 5.41) is 0. The van der Waals surface area contributed by atoms with Crippen molar-refractivity contribution < 1.29 is 21.6 Å². The molecule has 46 heavy (non-hydrogen) atoms. The highest BCUT2D eigenvalue weighted by Crippen LogP contribution is 2.30. The smallest absolute Gasteiger partial charge is 0.305 e. The lowest BCUT2D eigenvalue weighted by atomic mass is 10.1. The number of aryl methyl sites for hydroxylation is 2. The van der Waals surface area contributed by atoms with Crippen LogP contribution < -0.4 is 11.1 Å². The van der Waals surface area contributed by atoms with Gasteiger partial charge in [-0.25, -0.2) is 18.4 Å². The quantitative estimate of drug-likeness (QED) is 0.209. The lowest BCUT2D eigenvalue weighted by Gasteiger charge is -2.11. The van der Waals surface area contributed by atoms with Gasteiger partial charge in [0.1, 0.15) is 11.4 Å². The van der Waals surface area contributed by atoms with Gasteiger partial charge in [-0.15, -0.1) is 0 Å². The number of rotatable bonds is 5. The first-order chi connectivity index (χ1) is 21.8. The third-order valence-corrected chi connectivity index (χ3v) is 8.51. The largest absolute Gasteiger partial charge is 0.416 e.